The first-order valence-corrected chi connectivity index (χ1v) is 10.7. The third-order valence-electron chi connectivity index (χ3n) is 3.94. The highest BCUT2D eigenvalue weighted by atomic mass is 32.1. The van der Waals surface area contributed by atoms with Crippen LogP contribution < -0.4 is 10.6 Å². The Bertz CT molecular complexity index is 945. The Hall–Kier alpha value is -2.45. The SMILES string of the molecule is CC(C)(C)OC(=O)NC(CCC(=O)Nc1ccc2cnsc2c1)c1ccsc1. The normalized spacial score (nSPS) is 12.5. The van der Waals surface area contributed by atoms with Crippen LogP contribution in [-0.2, 0) is 9.53 Å². The number of hydrogen-bond donors (Lipinski definition) is 2. The summed E-state index contributed by atoms with van der Waals surface area (Å²) < 4.78 is 10.5. The Balaban J connectivity index is 1.59. The number of carbonyl (C=O) groups is 2. The van der Waals surface area contributed by atoms with Gasteiger partial charge in [-0.05, 0) is 79.3 Å². The molecule has 0 aliphatic rings. The van der Waals surface area contributed by atoms with E-state index < -0.39 is 11.7 Å². The van der Waals surface area contributed by atoms with Gasteiger partial charge in [0.05, 0.1) is 10.7 Å². The second-order valence-electron chi connectivity index (χ2n) is 7.42. The molecule has 148 valence electrons. The zero-order valence-electron chi connectivity index (χ0n) is 16.0. The average Bonchev–Trinajstić information content (AvgIpc) is 3.28. The van der Waals surface area contributed by atoms with Gasteiger partial charge in [-0.1, -0.05) is 0 Å². The molecule has 3 aromatic rings. The molecule has 3 rings (SSSR count). The fourth-order valence-electron chi connectivity index (χ4n) is 2.68. The lowest BCUT2D eigenvalue weighted by atomic mass is 10.1. The molecular weight excluding hydrogens is 394 g/mol. The lowest BCUT2D eigenvalue weighted by Gasteiger charge is -2.23. The maximum Gasteiger partial charge on any atom is 0.408 e. The molecule has 0 radical (unpaired) electrons. The van der Waals surface area contributed by atoms with E-state index in [4.69, 9.17) is 4.74 Å². The fraction of sp³-hybridized carbons (Fsp3) is 0.350. The van der Waals surface area contributed by atoms with E-state index in [1.165, 1.54) is 11.5 Å². The largest absolute Gasteiger partial charge is 0.444 e. The minimum Gasteiger partial charge on any atom is -0.444 e. The van der Waals surface area contributed by atoms with Gasteiger partial charge in [-0.15, -0.1) is 0 Å². The minimum absolute atomic E-state index is 0.102. The van der Waals surface area contributed by atoms with Gasteiger partial charge in [-0.2, -0.15) is 15.7 Å². The second kappa shape index (κ2) is 8.70. The summed E-state index contributed by atoms with van der Waals surface area (Å²) in [6.45, 7) is 5.46. The summed E-state index contributed by atoms with van der Waals surface area (Å²) in [5.41, 5.74) is 1.14. The van der Waals surface area contributed by atoms with Crippen LogP contribution in [0.25, 0.3) is 10.1 Å². The van der Waals surface area contributed by atoms with E-state index in [0.717, 1.165) is 21.3 Å². The highest BCUT2D eigenvalue weighted by Gasteiger charge is 2.21. The van der Waals surface area contributed by atoms with Gasteiger partial charge in [0.15, 0.2) is 0 Å². The molecule has 0 saturated carbocycles. The van der Waals surface area contributed by atoms with E-state index in [-0.39, 0.29) is 18.4 Å². The van der Waals surface area contributed by atoms with Crippen LogP contribution in [0.4, 0.5) is 10.5 Å². The highest BCUT2D eigenvalue weighted by Crippen LogP contribution is 2.24. The monoisotopic (exact) mass is 417 g/mol. The van der Waals surface area contributed by atoms with Crippen LogP contribution in [-0.4, -0.2) is 22.0 Å². The van der Waals surface area contributed by atoms with Gasteiger partial charge in [0.25, 0.3) is 0 Å². The number of ether oxygens (including phenoxy) is 1. The number of aromatic nitrogens is 1. The summed E-state index contributed by atoms with van der Waals surface area (Å²) >= 11 is 2.94. The molecule has 28 heavy (non-hydrogen) atoms. The van der Waals surface area contributed by atoms with Gasteiger partial charge in [0, 0.05) is 23.7 Å². The molecule has 6 nitrogen and oxygen atoms in total. The van der Waals surface area contributed by atoms with E-state index in [1.807, 2.05) is 55.8 Å². The quantitative estimate of drug-likeness (QED) is 0.567. The standard InChI is InChI=1S/C20H23N3O3S2/c1-20(2,3)26-19(25)23-16(14-8-9-27-12-14)6-7-18(24)22-15-5-4-13-11-21-28-17(13)10-15/h4-5,8-12,16H,6-7H2,1-3H3,(H,22,24)(H,23,25). The average molecular weight is 418 g/mol. The number of fused-ring (bicyclic) bond motifs is 1. The fourth-order valence-corrected chi connectivity index (χ4v) is 4.08. The van der Waals surface area contributed by atoms with Crippen LogP contribution in [0, 0.1) is 0 Å². The second-order valence-corrected chi connectivity index (χ2v) is 9.03. The molecule has 1 unspecified atom stereocenters. The summed E-state index contributed by atoms with van der Waals surface area (Å²) in [7, 11) is 0. The molecule has 2 aromatic heterocycles. The molecule has 0 saturated heterocycles. The van der Waals surface area contributed by atoms with Crippen LogP contribution in [0.1, 0.15) is 45.2 Å². The van der Waals surface area contributed by atoms with Gasteiger partial charge in [0.1, 0.15) is 5.60 Å². The van der Waals surface area contributed by atoms with Gasteiger partial charge in [0.2, 0.25) is 5.91 Å². The van der Waals surface area contributed by atoms with Crippen molar-refractivity contribution in [2.45, 2.75) is 45.3 Å². The van der Waals surface area contributed by atoms with Crippen molar-refractivity contribution in [3.63, 3.8) is 0 Å². The zero-order chi connectivity index (χ0) is 20.1. The van der Waals surface area contributed by atoms with Crippen LogP contribution in [0.2, 0.25) is 0 Å². The van der Waals surface area contributed by atoms with Crippen LogP contribution in [0.5, 0.6) is 0 Å². The van der Waals surface area contributed by atoms with Gasteiger partial charge in [-0.25, -0.2) is 4.79 Å². The smallest absolute Gasteiger partial charge is 0.408 e. The first-order valence-electron chi connectivity index (χ1n) is 8.96. The predicted octanol–water partition coefficient (Wildman–Crippen LogP) is 5.34. The maximum absolute atomic E-state index is 12.4. The Labute approximate surface area is 172 Å². The lowest BCUT2D eigenvalue weighted by Crippen LogP contribution is -2.35. The topological polar surface area (TPSA) is 80.3 Å². The van der Waals surface area contributed by atoms with Crippen molar-refractivity contribution in [2.75, 3.05) is 5.32 Å². The zero-order valence-corrected chi connectivity index (χ0v) is 17.7. The molecule has 1 aromatic carbocycles. The molecule has 0 bridgehead atoms. The highest BCUT2D eigenvalue weighted by molar-refractivity contribution is 7.13. The summed E-state index contributed by atoms with van der Waals surface area (Å²) in [5, 5.41) is 10.8. The number of nitrogens with one attached hydrogen (secondary N) is 2. The predicted molar refractivity (Wildman–Crippen MR) is 114 cm³/mol. The first kappa shape index (κ1) is 20.3. The number of alkyl carbamates (subject to hydrolysis) is 1. The molecule has 8 heteroatoms. The summed E-state index contributed by atoms with van der Waals surface area (Å²) in [4.78, 5) is 24.6. The van der Waals surface area contributed by atoms with Crippen molar-refractivity contribution < 1.29 is 14.3 Å². The number of thiophene rings is 1. The maximum atomic E-state index is 12.4. The van der Waals surface area contributed by atoms with Gasteiger partial charge < -0.3 is 15.4 Å². The Morgan fingerprint density at radius 3 is 2.79 bits per heavy atom. The molecular formula is C20H23N3O3S2. The molecule has 2 heterocycles. The van der Waals surface area contributed by atoms with E-state index in [2.05, 4.69) is 15.0 Å². The minimum atomic E-state index is -0.573. The number of amides is 2. The number of anilines is 1. The van der Waals surface area contributed by atoms with Crippen LogP contribution in [0.15, 0.2) is 41.2 Å². The van der Waals surface area contributed by atoms with Crippen LogP contribution >= 0.6 is 22.9 Å². The van der Waals surface area contributed by atoms with E-state index in [1.54, 1.807) is 17.5 Å². The Morgan fingerprint density at radius 2 is 2.07 bits per heavy atom. The molecule has 1 atom stereocenters. The van der Waals surface area contributed by atoms with Crippen molar-refractivity contribution in [2.24, 2.45) is 0 Å². The van der Waals surface area contributed by atoms with Crippen LogP contribution in [0.3, 0.4) is 0 Å². The molecule has 2 amide bonds. The number of rotatable bonds is 6. The molecule has 0 fully saturated rings. The number of nitrogens with zero attached hydrogens (tertiary/aromatic N) is 1. The van der Waals surface area contributed by atoms with Crippen molar-refractivity contribution in [3.05, 3.63) is 46.8 Å². The summed E-state index contributed by atoms with van der Waals surface area (Å²) in [6, 6.07) is 7.38. The molecule has 0 spiro atoms. The van der Waals surface area contributed by atoms with E-state index in [9.17, 15) is 9.59 Å². The van der Waals surface area contributed by atoms with E-state index >= 15 is 0 Å². The molecule has 0 aliphatic carbocycles. The van der Waals surface area contributed by atoms with Gasteiger partial charge >= 0.3 is 6.09 Å². The number of benzene rings is 1. The first-order chi connectivity index (χ1) is 13.3. The van der Waals surface area contributed by atoms with Crippen molar-refractivity contribution >= 4 is 50.6 Å². The Morgan fingerprint density at radius 1 is 1.25 bits per heavy atom. The number of carbonyl (C=O) groups excluding carboxylic acids is 2. The summed E-state index contributed by atoms with van der Waals surface area (Å²) in [6.07, 6.45) is 2.07. The lowest BCUT2D eigenvalue weighted by molar-refractivity contribution is -0.116. The summed E-state index contributed by atoms with van der Waals surface area (Å²) in [5.74, 6) is -0.102. The molecule has 0 aliphatic heterocycles. The third kappa shape index (κ3) is 5.77. The van der Waals surface area contributed by atoms with E-state index in [0.29, 0.717) is 6.42 Å². The Kier molecular flexibility index (Phi) is 6.31. The van der Waals surface area contributed by atoms with Gasteiger partial charge in [-0.3, -0.25) is 4.79 Å². The molecule has 2 N–H and O–H groups in total. The van der Waals surface area contributed by atoms with Crippen molar-refractivity contribution in [1.82, 2.24) is 9.69 Å². The van der Waals surface area contributed by atoms with Crippen molar-refractivity contribution in [1.29, 1.82) is 0 Å². The number of hydrogen-bond acceptors (Lipinski definition) is 6. The third-order valence-corrected chi connectivity index (χ3v) is 5.40. The van der Waals surface area contributed by atoms with Crippen molar-refractivity contribution in [3.8, 4) is 0 Å².